The summed E-state index contributed by atoms with van der Waals surface area (Å²) < 4.78 is 11.2. The van der Waals surface area contributed by atoms with E-state index >= 15 is 0 Å². The second-order valence-corrected chi connectivity index (χ2v) is 4.88. The van der Waals surface area contributed by atoms with Crippen molar-refractivity contribution in [1.82, 2.24) is 0 Å². The van der Waals surface area contributed by atoms with Crippen LogP contribution in [0.3, 0.4) is 0 Å². The zero-order valence-corrected chi connectivity index (χ0v) is 12.5. The minimum Gasteiger partial charge on any atom is -0.490 e. The van der Waals surface area contributed by atoms with Crippen molar-refractivity contribution in [2.24, 2.45) is 0 Å². The van der Waals surface area contributed by atoms with Crippen LogP contribution in [0.5, 0.6) is 11.5 Å². The van der Waals surface area contributed by atoms with E-state index in [0.717, 1.165) is 12.0 Å². The number of ether oxygens (including phenoxy) is 2. The van der Waals surface area contributed by atoms with Crippen LogP contribution in [0.2, 0.25) is 0 Å². The molecule has 0 aliphatic carbocycles. The van der Waals surface area contributed by atoms with Crippen LogP contribution in [0.1, 0.15) is 29.3 Å². The quantitative estimate of drug-likeness (QED) is 0.720. The number of ketones is 1. The Kier molecular flexibility index (Phi) is 5.38. The Morgan fingerprint density at radius 3 is 2.38 bits per heavy atom. The fourth-order valence-electron chi connectivity index (χ4n) is 1.95. The molecular weight excluding hydrogens is 264 g/mol. The van der Waals surface area contributed by atoms with Crippen LogP contribution in [0.25, 0.3) is 0 Å². The lowest BCUT2D eigenvalue weighted by Crippen LogP contribution is -2.12. The van der Waals surface area contributed by atoms with Gasteiger partial charge in [0.2, 0.25) is 0 Å². The second kappa shape index (κ2) is 7.48. The van der Waals surface area contributed by atoms with Gasteiger partial charge in [0.05, 0.1) is 6.61 Å². The number of benzene rings is 2. The van der Waals surface area contributed by atoms with E-state index in [1.54, 1.807) is 6.07 Å². The van der Waals surface area contributed by atoms with Gasteiger partial charge < -0.3 is 9.47 Å². The van der Waals surface area contributed by atoms with E-state index in [9.17, 15) is 4.79 Å². The fourth-order valence-corrected chi connectivity index (χ4v) is 1.95. The van der Waals surface area contributed by atoms with Gasteiger partial charge in [-0.1, -0.05) is 42.8 Å². The molecule has 110 valence electrons. The summed E-state index contributed by atoms with van der Waals surface area (Å²) in [4.78, 5) is 12.1. The predicted octanol–water partition coefficient (Wildman–Crippen LogP) is 4.05. The molecule has 0 unspecified atom stereocenters. The SMILES string of the molecule is CCCOc1ccccc1OCC(=O)c1cccc(C)c1. The van der Waals surface area contributed by atoms with Crippen molar-refractivity contribution in [3.8, 4) is 11.5 Å². The van der Waals surface area contributed by atoms with Gasteiger partial charge >= 0.3 is 0 Å². The first-order valence-corrected chi connectivity index (χ1v) is 7.15. The van der Waals surface area contributed by atoms with Gasteiger partial charge in [-0.05, 0) is 31.5 Å². The maximum atomic E-state index is 12.1. The largest absolute Gasteiger partial charge is 0.490 e. The number of hydrogen-bond acceptors (Lipinski definition) is 3. The Balaban J connectivity index is 2.01. The lowest BCUT2D eigenvalue weighted by Gasteiger charge is -2.11. The number of aryl methyl sites for hydroxylation is 1. The summed E-state index contributed by atoms with van der Waals surface area (Å²) in [6, 6.07) is 14.9. The first-order valence-electron chi connectivity index (χ1n) is 7.15. The number of carbonyl (C=O) groups is 1. The van der Waals surface area contributed by atoms with Gasteiger partial charge in [0, 0.05) is 5.56 Å². The van der Waals surface area contributed by atoms with Crippen LogP contribution in [0, 0.1) is 6.92 Å². The highest BCUT2D eigenvalue weighted by molar-refractivity contribution is 5.97. The van der Waals surface area contributed by atoms with E-state index < -0.39 is 0 Å². The molecule has 2 rings (SSSR count). The van der Waals surface area contributed by atoms with E-state index in [-0.39, 0.29) is 12.4 Å². The molecule has 0 aromatic heterocycles. The Morgan fingerprint density at radius 1 is 1.00 bits per heavy atom. The van der Waals surface area contributed by atoms with Gasteiger partial charge in [-0.3, -0.25) is 4.79 Å². The van der Waals surface area contributed by atoms with E-state index in [0.29, 0.717) is 23.7 Å². The molecule has 0 heterocycles. The molecule has 21 heavy (non-hydrogen) atoms. The Morgan fingerprint density at radius 2 is 1.71 bits per heavy atom. The average molecular weight is 284 g/mol. The van der Waals surface area contributed by atoms with E-state index in [1.165, 1.54) is 0 Å². The van der Waals surface area contributed by atoms with Crippen molar-refractivity contribution in [2.75, 3.05) is 13.2 Å². The van der Waals surface area contributed by atoms with Crippen molar-refractivity contribution in [2.45, 2.75) is 20.3 Å². The van der Waals surface area contributed by atoms with Crippen molar-refractivity contribution in [1.29, 1.82) is 0 Å². The van der Waals surface area contributed by atoms with Crippen molar-refractivity contribution in [3.63, 3.8) is 0 Å². The molecule has 0 aliphatic heterocycles. The van der Waals surface area contributed by atoms with Crippen LogP contribution in [0.15, 0.2) is 48.5 Å². The molecule has 0 amide bonds. The first-order chi connectivity index (χ1) is 10.2. The van der Waals surface area contributed by atoms with Crippen LogP contribution in [0.4, 0.5) is 0 Å². The molecule has 2 aromatic carbocycles. The number of para-hydroxylation sites is 2. The predicted molar refractivity (Wildman–Crippen MR) is 83.2 cm³/mol. The first kappa shape index (κ1) is 15.1. The van der Waals surface area contributed by atoms with Crippen LogP contribution in [-0.4, -0.2) is 19.0 Å². The standard InChI is InChI=1S/C18H20O3/c1-3-11-20-17-9-4-5-10-18(17)21-13-16(19)15-8-6-7-14(2)12-15/h4-10,12H,3,11,13H2,1-2H3. The van der Waals surface area contributed by atoms with Crippen molar-refractivity contribution in [3.05, 3.63) is 59.7 Å². The zero-order valence-electron chi connectivity index (χ0n) is 12.5. The lowest BCUT2D eigenvalue weighted by molar-refractivity contribution is 0.0918. The topological polar surface area (TPSA) is 35.5 Å². The molecule has 0 aliphatic rings. The Hall–Kier alpha value is -2.29. The van der Waals surface area contributed by atoms with Gasteiger partial charge in [0.15, 0.2) is 23.9 Å². The molecule has 0 saturated heterocycles. The molecule has 0 saturated carbocycles. The fraction of sp³-hybridized carbons (Fsp3) is 0.278. The molecule has 0 spiro atoms. The zero-order chi connectivity index (χ0) is 15.1. The monoisotopic (exact) mass is 284 g/mol. The summed E-state index contributed by atoms with van der Waals surface area (Å²) in [5.41, 5.74) is 1.73. The smallest absolute Gasteiger partial charge is 0.200 e. The van der Waals surface area contributed by atoms with Crippen molar-refractivity contribution >= 4 is 5.78 Å². The average Bonchev–Trinajstić information content (AvgIpc) is 2.51. The highest BCUT2D eigenvalue weighted by atomic mass is 16.5. The molecule has 0 atom stereocenters. The van der Waals surface area contributed by atoms with Crippen LogP contribution >= 0.6 is 0 Å². The summed E-state index contributed by atoms with van der Waals surface area (Å²) in [7, 11) is 0. The third kappa shape index (κ3) is 4.35. The molecule has 2 aromatic rings. The summed E-state index contributed by atoms with van der Waals surface area (Å²) >= 11 is 0. The summed E-state index contributed by atoms with van der Waals surface area (Å²) in [5, 5.41) is 0. The third-order valence-electron chi connectivity index (χ3n) is 3.01. The summed E-state index contributed by atoms with van der Waals surface area (Å²) in [6.45, 7) is 4.65. The van der Waals surface area contributed by atoms with Gasteiger partial charge in [0.25, 0.3) is 0 Å². The van der Waals surface area contributed by atoms with E-state index in [1.807, 2.05) is 56.3 Å². The highest BCUT2D eigenvalue weighted by Gasteiger charge is 2.09. The molecule has 0 bridgehead atoms. The molecule has 3 nitrogen and oxygen atoms in total. The normalized spacial score (nSPS) is 10.2. The Bertz CT molecular complexity index is 605. The number of Topliss-reactive ketones (excluding diaryl/α,β-unsaturated/α-hetero) is 1. The molecule has 0 N–H and O–H groups in total. The van der Waals surface area contributed by atoms with Gasteiger partial charge in [-0.25, -0.2) is 0 Å². The van der Waals surface area contributed by atoms with Crippen molar-refractivity contribution < 1.29 is 14.3 Å². The maximum absolute atomic E-state index is 12.1. The van der Waals surface area contributed by atoms with Gasteiger partial charge in [0.1, 0.15) is 0 Å². The van der Waals surface area contributed by atoms with Crippen LogP contribution < -0.4 is 9.47 Å². The molecule has 0 radical (unpaired) electrons. The second-order valence-electron chi connectivity index (χ2n) is 4.88. The third-order valence-corrected chi connectivity index (χ3v) is 3.01. The minimum absolute atomic E-state index is 0.00987. The van der Waals surface area contributed by atoms with Crippen LogP contribution in [-0.2, 0) is 0 Å². The number of rotatable bonds is 7. The lowest BCUT2D eigenvalue weighted by atomic mass is 10.1. The highest BCUT2D eigenvalue weighted by Crippen LogP contribution is 2.26. The number of hydrogen-bond donors (Lipinski definition) is 0. The molecular formula is C18H20O3. The molecule has 0 fully saturated rings. The maximum Gasteiger partial charge on any atom is 0.200 e. The molecule has 3 heteroatoms. The minimum atomic E-state index is -0.0380. The van der Waals surface area contributed by atoms with E-state index in [4.69, 9.17) is 9.47 Å². The Labute approximate surface area is 125 Å². The van der Waals surface area contributed by atoms with E-state index in [2.05, 4.69) is 0 Å². The summed E-state index contributed by atoms with van der Waals surface area (Å²) in [5.74, 6) is 1.24. The van der Waals surface area contributed by atoms with Gasteiger partial charge in [-0.2, -0.15) is 0 Å². The number of carbonyl (C=O) groups excluding carboxylic acids is 1. The summed E-state index contributed by atoms with van der Waals surface area (Å²) in [6.07, 6.45) is 0.927. The van der Waals surface area contributed by atoms with Gasteiger partial charge in [-0.15, -0.1) is 0 Å².